The third-order valence-electron chi connectivity index (χ3n) is 17.6. The number of allylic oxidation sites excluding steroid dienone is 1. The van der Waals surface area contributed by atoms with Crippen LogP contribution in [0.2, 0.25) is 0 Å². The van der Waals surface area contributed by atoms with Crippen LogP contribution in [-0.2, 0) is 37.9 Å². The van der Waals surface area contributed by atoms with Gasteiger partial charge in [0.1, 0.15) is 61.0 Å². The maximum Gasteiger partial charge on any atom is 0.187 e. The highest BCUT2D eigenvalue weighted by Crippen LogP contribution is 2.70. The van der Waals surface area contributed by atoms with Gasteiger partial charge in [-0.3, -0.25) is 0 Å². The first kappa shape index (κ1) is 45.3. The third kappa shape index (κ3) is 7.42. The number of hydrogen-bond acceptors (Lipinski definition) is 16. The van der Waals surface area contributed by atoms with Crippen molar-refractivity contribution in [3.8, 4) is 0 Å². The minimum absolute atomic E-state index is 0.0171. The molecule has 0 aromatic carbocycles. The number of aliphatic hydroxyl groups is 8. The summed E-state index contributed by atoms with van der Waals surface area (Å²) in [5.74, 6) is 2.64. The minimum atomic E-state index is -1.71. The summed E-state index contributed by atoms with van der Waals surface area (Å²) in [7, 11) is 0. The lowest BCUT2D eigenvalue weighted by atomic mass is 9.47. The first-order chi connectivity index (χ1) is 28.9. The van der Waals surface area contributed by atoms with Crippen LogP contribution in [-0.4, -0.2) is 164 Å². The van der Waals surface area contributed by atoms with Crippen molar-refractivity contribution < 1.29 is 78.7 Å². The van der Waals surface area contributed by atoms with E-state index in [1.807, 2.05) is 0 Å². The highest BCUT2D eigenvalue weighted by Gasteiger charge is 2.69. The van der Waals surface area contributed by atoms with Crippen molar-refractivity contribution >= 4 is 0 Å². The lowest BCUT2D eigenvalue weighted by Gasteiger charge is -2.58. The van der Waals surface area contributed by atoms with Gasteiger partial charge in [0, 0.05) is 12.3 Å². The average molecular weight is 869 g/mol. The Morgan fingerprint density at radius 3 is 1.97 bits per heavy atom. The molecule has 16 nitrogen and oxygen atoms in total. The van der Waals surface area contributed by atoms with Crippen LogP contribution in [0.4, 0.5) is 0 Å². The van der Waals surface area contributed by atoms with Gasteiger partial charge in [0.05, 0.1) is 37.6 Å². The molecule has 5 saturated heterocycles. The SMILES string of the molecule is CC1CCC2(OC1)OC1CC3C4CC=C5C[C@@H](O[C@@H]6O[C@H](CO)[C@@H](O[C@@H]7O[C@@H](C)[C@@H](O)[C@@H](O)[C@H]7O)[C@H](O)[C@H]6O[C@@H]6O[C@@H](C)[C@H](O)[C@@H](O)[C@H]6O)CC[C@]5(C)C4CC[C@]3(C)C1C2C. The second kappa shape index (κ2) is 16.8. The largest absolute Gasteiger partial charge is 0.394 e. The standard InChI is InChI=1S/C45H72O16/c1-19-9-14-45(54-18-19)20(2)30-28(61-45)16-27-25-8-7-23-15-24(10-12-43(23,5)26(25)11-13-44(27,30)6)57-42-39(60-41-36(52)34(50)32(48)22(4)56-41)37(53)38(29(17-46)58-42)59-40-35(51)33(49)31(47)21(3)55-40/h7,19-22,24-42,46-53H,8-18H2,1-6H3/t19?,20?,21-,22-,24-,25?,26?,27?,28?,29+,30?,31+,32-,33+,34+,35+,36+,37-,38+,39+,40-,41-,42+,43-,44-,45?/m0/s1. The van der Waals surface area contributed by atoms with Crippen molar-refractivity contribution in [2.45, 2.75) is 209 Å². The second-order valence-corrected chi connectivity index (χ2v) is 21.1. The Morgan fingerprint density at radius 2 is 1.34 bits per heavy atom. The van der Waals surface area contributed by atoms with E-state index in [9.17, 15) is 40.9 Å². The number of aliphatic hydroxyl groups excluding tert-OH is 8. The molecule has 0 radical (unpaired) electrons. The van der Waals surface area contributed by atoms with Gasteiger partial charge in [-0.05, 0) is 106 Å². The van der Waals surface area contributed by atoms with Crippen LogP contribution in [0.3, 0.4) is 0 Å². The van der Waals surface area contributed by atoms with E-state index < -0.39 is 105 Å². The molecule has 4 aliphatic carbocycles. The van der Waals surface area contributed by atoms with Crippen LogP contribution < -0.4 is 0 Å². The zero-order valence-electron chi connectivity index (χ0n) is 36.5. The monoisotopic (exact) mass is 868 g/mol. The molecule has 9 aliphatic rings. The van der Waals surface area contributed by atoms with E-state index in [0.29, 0.717) is 48.3 Å². The lowest BCUT2D eigenvalue weighted by molar-refractivity contribution is -0.388. The maximum atomic E-state index is 12.0. The van der Waals surface area contributed by atoms with Crippen molar-refractivity contribution in [3.63, 3.8) is 0 Å². The fourth-order valence-corrected chi connectivity index (χ4v) is 14.0. The fraction of sp³-hybridized carbons (Fsp3) is 0.956. The summed E-state index contributed by atoms with van der Waals surface area (Å²) in [4.78, 5) is 0. The van der Waals surface area contributed by atoms with Crippen molar-refractivity contribution in [1.82, 2.24) is 0 Å². The molecule has 16 heteroatoms. The number of ether oxygens (including phenoxy) is 8. The minimum Gasteiger partial charge on any atom is -0.394 e. The molecule has 8 fully saturated rings. The number of rotatable bonds is 7. The zero-order chi connectivity index (χ0) is 43.5. The van der Waals surface area contributed by atoms with Gasteiger partial charge in [-0.15, -0.1) is 0 Å². The molecule has 26 atom stereocenters. The summed E-state index contributed by atoms with van der Waals surface area (Å²) in [6, 6.07) is 0. The highest BCUT2D eigenvalue weighted by molar-refractivity contribution is 5.26. The topological polar surface area (TPSA) is 236 Å². The Labute approximate surface area is 358 Å². The first-order valence-corrected chi connectivity index (χ1v) is 23.2. The van der Waals surface area contributed by atoms with E-state index in [4.69, 9.17) is 37.9 Å². The van der Waals surface area contributed by atoms with Gasteiger partial charge in [-0.1, -0.05) is 39.3 Å². The zero-order valence-corrected chi connectivity index (χ0v) is 36.5. The highest BCUT2D eigenvalue weighted by atomic mass is 16.8. The molecule has 0 amide bonds. The molecule has 0 aromatic rings. The maximum absolute atomic E-state index is 12.0. The van der Waals surface area contributed by atoms with Crippen LogP contribution in [0.15, 0.2) is 11.6 Å². The van der Waals surface area contributed by atoms with Crippen molar-refractivity contribution in [2.24, 2.45) is 46.3 Å². The predicted octanol–water partition coefficient (Wildman–Crippen LogP) is 1.24. The van der Waals surface area contributed by atoms with Crippen LogP contribution in [0.25, 0.3) is 0 Å². The molecule has 0 bridgehead atoms. The van der Waals surface area contributed by atoms with Gasteiger partial charge < -0.3 is 78.7 Å². The van der Waals surface area contributed by atoms with E-state index in [-0.39, 0.29) is 23.0 Å². The molecule has 5 heterocycles. The van der Waals surface area contributed by atoms with Crippen LogP contribution in [0.5, 0.6) is 0 Å². The second-order valence-electron chi connectivity index (χ2n) is 21.1. The fourth-order valence-electron chi connectivity index (χ4n) is 14.0. The van der Waals surface area contributed by atoms with Gasteiger partial charge >= 0.3 is 0 Å². The Kier molecular flexibility index (Phi) is 12.4. The number of fused-ring (bicyclic) bond motifs is 7. The normalized spacial score (nSPS) is 58.4. The van der Waals surface area contributed by atoms with E-state index in [0.717, 1.165) is 45.1 Å². The predicted molar refractivity (Wildman–Crippen MR) is 213 cm³/mol. The van der Waals surface area contributed by atoms with E-state index >= 15 is 0 Å². The molecule has 1 spiro atoms. The molecular formula is C45H72O16. The van der Waals surface area contributed by atoms with Crippen LogP contribution >= 0.6 is 0 Å². The Balaban J connectivity index is 0.916. The molecule has 8 unspecified atom stereocenters. The van der Waals surface area contributed by atoms with E-state index in [1.54, 1.807) is 0 Å². The third-order valence-corrected chi connectivity index (χ3v) is 17.6. The number of hydrogen-bond donors (Lipinski definition) is 8. The molecule has 9 rings (SSSR count). The average Bonchev–Trinajstić information content (AvgIpc) is 3.69. The molecule has 348 valence electrons. The van der Waals surface area contributed by atoms with E-state index in [2.05, 4.69) is 33.8 Å². The Hall–Kier alpha value is -0.900. The van der Waals surface area contributed by atoms with Crippen molar-refractivity contribution in [1.29, 1.82) is 0 Å². The summed E-state index contributed by atoms with van der Waals surface area (Å²) < 4.78 is 50.1. The summed E-state index contributed by atoms with van der Waals surface area (Å²) in [6.07, 6.45) is -10.4. The van der Waals surface area contributed by atoms with Gasteiger partial charge in [0.15, 0.2) is 24.7 Å². The van der Waals surface area contributed by atoms with Crippen LogP contribution in [0, 0.1) is 46.3 Å². The van der Waals surface area contributed by atoms with Gasteiger partial charge in [0.25, 0.3) is 0 Å². The summed E-state index contributed by atoms with van der Waals surface area (Å²) in [6.45, 7) is 12.7. The van der Waals surface area contributed by atoms with Gasteiger partial charge in [-0.25, -0.2) is 0 Å². The molecule has 5 aliphatic heterocycles. The Bertz CT molecular complexity index is 1590. The van der Waals surface area contributed by atoms with Crippen molar-refractivity contribution in [2.75, 3.05) is 13.2 Å². The lowest BCUT2D eigenvalue weighted by Crippen LogP contribution is -2.66. The molecule has 0 aromatic heterocycles. The summed E-state index contributed by atoms with van der Waals surface area (Å²) >= 11 is 0. The summed E-state index contributed by atoms with van der Waals surface area (Å²) in [5, 5.41) is 85.9. The quantitative estimate of drug-likeness (QED) is 0.168. The van der Waals surface area contributed by atoms with Crippen LogP contribution in [0.1, 0.15) is 99.3 Å². The smallest absolute Gasteiger partial charge is 0.187 e. The molecule has 8 N–H and O–H groups in total. The van der Waals surface area contributed by atoms with Gasteiger partial charge in [0.2, 0.25) is 0 Å². The Morgan fingerprint density at radius 1 is 0.689 bits per heavy atom. The molecule has 61 heavy (non-hydrogen) atoms. The van der Waals surface area contributed by atoms with Gasteiger partial charge in [-0.2, -0.15) is 0 Å². The first-order valence-electron chi connectivity index (χ1n) is 23.2. The van der Waals surface area contributed by atoms with E-state index in [1.165, 1.54) is 25.8 Å². The van der Waals surface area contributed by atoms with Crippen molar-refractivity contribution in [3.05, 3.63) is 11.6 Å². The summed E-state index contributed by atoms with van der Waals surface area (Å²) in [5.41, 5.74) is 1.53. The molecular weight excluding hydrogens is 796 g/mol. The molecule has 3 saturated carbocycles.